The summed E-state index contributed by atoms with van der Waals surface area (Å²) in [4.78, 5) is 15.4. The van der Waals surface area contributed by atoms with Gasteiger partial charge in [0, 0.05) is 19.2 Å². The summed E-state index contributed by atoms with van der Waals surface area (Å²) in [6.45, 7) is 6.94. The van der Waals surface area contributed by atoms with E-state index in [4.69, 9.17) is 4.74 Å². The molecule has 0 aromatic carbocycles. The molecule has 1 aromatic heterocycles. The van der Waals surface area contributed by atoms with Crippen molar-refractivity contribution in [1.82, 2.24) is 10.2 Å². The van der Waals surface area contributed by atoms with Crippen LogP contribution in [0.25, 0.3) is 0 Å². The summed E-state index contributed by atoms with van der Waals surface area (Å²) in [7, 11) is 0. The van der Waals surface area contributed by atoms with Crippen LogP contribution in [0, 0.1) is 12.8 Å². The molecule has 21 heavy (non-hydrogen) atoms. The van der Waals surface area contributed by atoms with E-state index in [1.54, 1.807) is 0 Å². The Kier molecular flexibility index (Phi) is 4.93. The fraction of sp³-hybridized carbons (Fsp3) is 0.688. The maximum atomic E-state index is 12.0. The minimum Gasteiger partial charge on any atom is -0.380 e. The first-order chi connectivity index (χ1) is 10.2. The minimum atomic E-state index is 0.0831. The lowest BCUT2D eigenvalue weighted by Gasteiger charge is -2.35. The first-order valence-electron chi connectivity index (χ1n) is 7.87. The number of hydrogen-bond donors (Lipinski definition) is 1. The zero-order chi connectivity index (χ0) is 14.7. The van der Waals surface area contributed by atoms with Gasteiger partial charge in [-0.05, 0) is 62.2 Å². The maximum Gasteiger partial charge on any atom is 0.261 e. The molecule has 2 aliphatic heterocycles. The van der Waals surface area contributed by atoms with Gasteiger partial charge in [0.05, 0.1) is 11.5 Å². The lowest BCUT2D eigenvalue weighted by molar-refractivity contribution is 0.0914. The molecule has 5 heteroatoms. The van der Waals surface area contributed by atoms with Crippen LogP contribution >= 0.6 is 11.3 Å². The van der Waals surface area contributed by atoms with Gasteiger partial charge in [0.2, 0.25) is 0 Å². The Morgan fingerprint density at radius 1 is 1.43 bits per heavy atom. The number of nitrogens with one attached hydrogen (secondary N) is 1. The zero-order valence-electron chi connectivity index (χ0n) is 12.6. The number of thiophene rings is 1. The minimum absolute atomic E-state index is 0.0831. The van der Waals surface area contributed by atoms with Gasteiger partial charge in [0.15, 0.2) is 0 Å². The van der Waals surface area contributed by atoms with E-state index in [1.807, 2.05) is 18.4 Å². The SMILES string of the molecule is Cc1csc(C(=O)NCC2CCN(C3CCOC3)CC2)c1. The predicted octanol–water partition coefficient (Wildman–Crippen LogP) is 2.29. The van der Waals surface area contributed by atoms with Crippen LogP contribution in [0.2, 0.25) is 0 Å². The molecule has 3 rings (SSSR count). The van der Waals surface area contributed by atoms with Crippen LogP contribution in [-0.4, -0.2) is 49.7 Å². The van der Waals surface area contributed by atoms with Crippen molar-refractivity contribution in [3.63, 3.8) is 0 Å². The number of carbonyl (C=O) groups is 1. The highest BCUT2D eigenvalue weighted by molar-refractivity contribution is 7.12. The van der Waals surface area contributed by atoms with E-state index in [0.29, 0.717) is 12.0 Å². The Morgan fingerprint density at radius 2 is 2.24 bits per heavy atom. The molecule has 0 bridgehead atoms. The van der Waals surface area contributed by atoms with Crippen molar-refractivity contribution in [1.29, 1.82) is 0 Å². The van der Waals surface area contributed by atoms with Crippen molar-refractivity contribution in [2.75, 3.05) is 32.8 Å². The molecular formula is C16H24N2O2S. The van der Waals surface area contributed by atoms with Crippen molar-refractivity contribution < 1.29 is 9.53 Å². The molecule has 1 aromatic rings. The predicted molar refractivity (Wildman–Crippen MR) is 84.9 cm³/mol. The van der Waals surface area contributed by atoms with Gasteiger partial charge in [-0.3, -0.25) is 9.69 Å². The van der Waals surface area contributed by atoms with E-state index >= 15 is 0 Å². The number of rotatable bonds is 4. The van der Waals surface area contributed by atoms with Crippen LogP contribution in [0.4, 0.5) is 0 Å². The maximum absolute atomic E-state index is 12.0. The van der Waals surface area contributed by atoms with Gasteiger partial charge in [-0.2, -0.15) is 0 Å². The molecule has 4 nitrogen and oxygen atoms in total. The number of hydrogen-bond acceptors (Lipinski definition) is 4. The van der Waals surface area contributed by atoms with Gasteiger partial charge in [-0.15, -0.1) is 11.3 Å². The molecule has 2 saturated heterocycles. The summed E-state index contributed by atoms with van der Waals surface area (Å²) in [6, 6.07) is 2.59. The third-order valence-electron chi connectivity index (χ3n) is 4.58. The third-order valence-corrected chi connectivity index (χ3v) is 5.62. The van der Waals surface area contributed by atoms with Crippen molar-refractivity contribution in [2.24, 2.45) is 5.92 Å². The summed E-state index contributed by atoms with van der Waals surface area (Å²) < 4.78 is 5.47. The molecular weight excluding hydrogens is 284 g/mol. The molecule has 1 unspecified atom stereocenters. The van der Waals surface area contributed by atoms with Crippen LogP contribution < -0.4 is 5.32 Å². The van der Waals surface area contributed by atoms with Crippen LogP contribution in [0.3, 0.4) is 0 Å². The van der Waals surface area contributed by atoms with Gasteiger partial charge in [-0.1, -0.05) is 0 Å². The molecule has 1 N–H and O–H groups in total. The zero-order valence-corrected chi connectivity index (χ0v) is 13.5. The number of carbonyl (C=O) groups excluding carboxylic acids is 1. The summed E-state index contributed by atoms with van der Waals surface area (Å²) in [5.74, 6) is 0.702. The van der Waals surface area contributed by atoms with Crippen molar-refractivity contribution in [2.45, 2.75) is 32.2 Å². The third kappa shape index (κ3) is 3.84. The number of nitrogens with zero attached hydrogens (tertiary/aromatic N) is 1. The molecule has 1 atom stereocenters. The van der Waals surface area contributed by atoms with Crippen LogP contribution in [0.15, 0.2) is 11.4 Å². The van der Waals surface area contributed by atoms with E-state index in [9.17, 15) is 4.79 Å². The average molecular weight is 308 g/mol. The van der Waals surface area contributed by atoms with E-state index < -0.39 is 0 Å². The standard InChI is InChI=1S/C16H24N2O2S/c1-12-8-15(21-11-12)16(19)17-9-13-2-5-18(6-3-13)14-4-7-20-10-14/h8,11,13-14H,2-7,9-10H2,1H3,(H,17,19). The normalized spacial score (nSPS) is 24.3. The molecule has 3 heterocycles. The average Bonchev–Trinajstić information content (AvgIpc) is 3.16. The summed E-state index contributed by atoms with van der Waals surface area (Å²) in [6.07, 6.45) is 3.54. The molecule has 0 spiro atoms. The van der Waals surface area contributed by atoms with E-state index in [2.05, 4.69) is 10.2 Å². The number of piperidine rings is 1. The fourth-order valence-corrected chi connectivity index (χ4v) is 4.02. The first kappa shape index (κ1) is 15.0. The van der Waals surface area contributed by atoms with Crippen molar-refractivity contribution in [3.05, 3.63) is 21.9 Å². The molecule has 1 amide bonds. The lowest BCUT2D eigenvalue weighted by Crippen LogP contribution is -2.43. The second kappa shape index (κ2) is 6.90. The van der Waals surface area contributed by atoms with E-state index in [1.165, 1.54) is 30.6 Å². The summed E-state index contributed by atoms with van der Waals surface area (Å²) in [5.41, 5.74) is 1.16. The second-order valence-corrected chi connectivity index (χ2v) is 7.11. The summed E-state index contributed by atoms with van der Waals surface area (Å²) >= 11 is 1.53. The Morgan fingerprint density at radius 3 is 2.86 bits per heavy atom. The Balaban J connectivity index is 1.40. The summed E-state index contributed by atoms with van der Waals surface area (Å²) in [5, 5.41) is 5.12. The lowest BCUT2D eigenvalue weighted by atomic mass is 9.95. The molecule has 2 aliphatic rings. The second-order valence-electron chi connectivity index (χ2n) is 6.20. The van der Waals surface area contributed by atoms with E-state index in [-0.39, 0.29) is 5.91 Å². The molecule has 0 saturated carbocycles. The van der Waals surface area contributed by atoms with Crippen LogP contribution in [0.5, 0.6) is 0 Å². The van der Waals surface area contributed by atoms with Gasteiger partial charge < -0.3 is 10.1 Å². The van der Waals surface area contributed by atoms with E-state index in [0.717, 1.165) is 43.3 Å². The first-order valence-corrected chi connectivity index (χ1v) is 8.75. The highest BCUT2D eigenvalue weighted by Gasteiger charge is 2.27. The highest BCUT2D eigenvalue weighted by atomic mass is 32.1. The highest BCUT2D eigenvalue weighted by Crippen LogP contribution is 2.22. The Hall–Kier alpha value is -0.910. The largest absolute Gasteiger partial charge is 0.380 e. The Labute approximate surface area is 130 Å². The Bertz CT molecular complexity index is 474. The fourth-order valence-electron chi connectivity index (χ4n) is 3.21. The number of amides is 1. The monoisotopic (exact) mass is 308 g/mol. The molecule has 2 fully saturated rings. The smallest absolute Gasteiger partial charge is 0.261 e. The number of aryl methyl sites for hydroxylation is 1. The van der Waals surface area contributed by atoms with Gasteiger partial charge in [0.25, 0.3) is 5.91 Å². The van der Waals surface area contributed by atoms with Crippen LogP contribution in [0.1, 0.15) is 34.5 Å². The molecule has 0 aliphatic carbocycles. The van der Waals surface area contributed by atoms with Gasteiger partial charge >= 0.3 is 0 Å². The van der Waals surface area contributed by atoms with Crippen molar-refractivity contribution >= 4 is 17.2 Å². The number of likely N-dealkylation sites (tertiary alicyclic amines) is 1. The topological polar surface area (TPSA) is 41.6 Å². The quantitative estimate of drug-likeness (QED) is 0.928. The number of ether oxygens (including phenoxy) is 1. The van der Waals surface area contributed by atoms with Gasteiger partial charge in [-0.25, -0.2) is 0 Å². The van der Waals surface area contributed by atoms with Crippen molar-refractivity contribution in [3.8, 4) is 0 Å². The van der Waals surface area contributed by atoms with Gasteiger partial charge in [0.1, 0.15) is 0 Å². The molecule has 0 radical (unpaired) electrons. The van der Waals surface area contributed by atoms with Crippen LogP contribution in [-0.2, 0) is 4.74 Å². The molecule has 116 valence electrons.